The lowest BCUT2D eigenvalue weighted by molar-refractivity contribution is 0.0744. The number of hydrogen-bond donors (Lipinski definition) is 0. The molecule has 2 rings (SSSR count). The van der Waals surface area contributed by atoms with Crippen LogP contribution in [0.1, 0.15) is 35.0 Å². The molecule has 0 unspecified atom stereocenters. The minimum atomic E-state index is -2.97. The van der Waals surface area contributed by atoms with Crippen LogP contribution in [0, 0.1) is 5.82 Å². The van der Waals surface area contributed by atoms with E-state index in [0.717, 1.165) is 6.07 Å². The number of nitrogens with zero attached hydrogens (tertiary/aromatic N) is 4. The van der Waals surface area contributed by atoms with Gasteiger partial charge in [-0.15, -0.1) is 5.10 Å². The van der Waals surface area contributed by atoms with Gasteiger partial charge in [-0.2, -0.15) is 0 Å². The lowest BCUT2D eigenvalue weighted by Gasteiger charge is -2.20. The summed E-state index contributed by atoms with van der Waals surface area (Å²) in [6, 6.07) is 3.41. The highest BCUT2D eigenvalue weighted by molar-refractivity contribution is 5.94. The molecule has 1 heterocycles. The summed E-state index contributed by atoms with van der Waals surface area (Å²) in [6.45, 7) is 2.12. The van der Waals surface area contributed by atoms with Crippen LogP contribution in [0.5, 0.6) is 0 Å². The van der Waals surface area contributed by atoms with Crippen molar-refractivity contribution in [1.29, 1.82) is 0 Å². The smallest absolute Gasteiger partial charge is 0.266 e. The molecule has 2 aromatic rings. The van der Waals surface area contributed by atoms with Gasteiger partial charge in [0.15, 0.2) is 0 Å². The first kappa shape index (κ1) is 16.0. The molecule has 5 nitrogen and oxygen atoms in total. The van der Waals surface area contributed by atoms with Crippen LogP contribution in [-0.2, 0) is 13.6 Å². The Balaban J connectivity index is 2.27. The van der Waals surface area contributed by atoms with Crippen molar-refractivity contribution in [2.24, 2.45) is 7.05 Å². The maximum atomic E-state index is 14.1. The molecule has 0 atom stereocenters. The maximum Gasteiger partial charge on any atom is 0.266 e. The SMILES string of the molecule is CCN(Cc1cn(C)nn1)C(=O)c1cccc(C(F)F)c1F. The number of rotatable bonds is 5. The summed E-state index contributed by atoms with van der Waals surface area (Å²) in [4.78, 5) is 13.7. The Morgan fingerprint density at radius 2 is 2.14 bits per heavy atom. The highest BCUT2D eigenvalue weighted by Gasteiger charge is 2.23. The molecular formula is C14H15F3N4O. The van der Waals surface area contributed by atoms with E-state index in [4.69, 9.17) is 0 Å². The Morgan fingerprint density at radius 1 is 1.41 bits per heavy atom. The molecule has 0 saturated heterocycles. The third-order valence-electron chi connectivity index (χ3n) is 3.17. The minimum Gasteiger partial charge on any atom is -0.333 e. The number of aromatic nitrogens is 3. The number of aryl methyl sites for hydroxylation is 1. The molecule has 1 aromatic carbocycles. The van der Waals surface area contributed by atoms with E-state index in [-0.39, 0.29) is 18.7 Å². The molecule has 0 spiro atoms. The predicted octanol–water partition coefficient (Wildman–Crippen LogP) is 2.55. The molecule has 1 aromatic heterocycles. The fraction of sp³-hybridized carbons (Fsp3) is 0.357. The summed E-state index contributed by atoms with van der Waals surface area (Å²) >= 11 is 0. The van der Waals surface area contributed by atoms with Crippen molar-refractivity contribution in [3.63, 3.8) is 0 Å². The van der Waals surface area contributed by atoms with Crippen LogP contribution in [-0.4, -0.2) is 32.3 Å². The first-order valence-electron chi connectivity index (χ1n) is 6.65. The van der Waals surface area contributed by atoms with Crippen molar-refractivity contribution < 1.29 is 18.0 Å². The molecule has 1 amide bonds. The van der Waals surface area contributed by atoms with Crippen LogP contribution >= 0.6 is 0 Å². The number of carbonyl (C=O) groups is 1. The Morgan fingerprint density at radius 3 is 2.68 bits per heavy atom. The maximum absolute atomic E-state index is 14.1. The second kappa shape index (κ2) is 6.59. The Bertz CT molecular complexity index is 672. The third kappa shape index (κ3) is 3.26. The number of hydrogen-bond acceptors (Lipinski definition) is 3. The fourth-order valence-corrected chi connectivity index (χ4v) is 2.04. The van der Waals surface area contributed by atoms with Gasteiger partial charge in [0.05, 0.1) is 17.7 Å². The van der Waals surface area contributed by atoms with Crippen molar-refractivity contribution in [3.05, 3.63) is 47.0 Å². The first-order chi connectivity index (χ1) is 10.4. The van der Waals surface area contributed by atoms with Crippen LogP contribution < -0.4 is 0 Å². The van der Waals surface area contributed by atoms with E-state index in [1.807, 2.05) is 0 Å². The minimum absolute atomic E-state index is 0.127. The Labute approximate surface area is 125 Å². The fourth-order valence-electron chi connectivity index (χ4n) is 2.04. The monoisotopic (exact) mass is 312 g/mol. The normalized spacial score (nSPS) is 11.0. The third-order valence-corrected chi connectivity index (χ3v) is 3.17. The van der Waals surface area contributed by atoms with E-state index in [2.05, 4.69) is 10.3 Å². The van der Waals surface area contributed by atoms with Crippen LogP contribution in [0.3, 0.4) is 0 Å². The molecule has 8 heteroatoms. The number of carbonyl (C=O) groups excluding carboxylic acids is 1. The van der Waals surface area contributed by atoms with E-state index in [1.165, 1.54) is 21.7 Å². The molecule has 0 saturated carbocycles. The molecule has 0 bridgehead atoms. The van der Waals surface area contributed by atoms with E-state index in [9.17, 15) is 18.0 Å². The molecule has 0 aliphatic heterocycles. The number of amides is 1. The van der Waals surface area contributed by atoms with Gasteiger partial charge in [-0.25, -0.2) is 13.2 Å². The van der Waals surface area contributed by atoms with Gasteiger partial charge < -0.3 is 4.90 Å². The number of alkyl halides is 2. The highest BCUT2D eigenvalue weighted by Crippen LogP contribution is 2.25. The van der Waals surface area contributed by atoms with Gasteiger partial charge in [-0.05, 0) is 13.0 Å². The Kier molecular flexibility index (Phi) is 4.79. The van der Waals surface area contributed by atoms with Crippen LogP contribution in [0.2, 0.25) is 0 Å². The van der Waals surface area contributed by atoms with Gasteiger partial charge in [-0.1, -0.05) is 17.3 Å². The second-order valence-electron chi connectivity index (χ2n) is 4.71. The van der Waals surface area contributed by atoms with Crippen molar-refractivity contribution in [3.8, 4) is 0 Å². The summed E-state index contributed by atoms with van der Waals surface area (Å²) in [5.74, 6) is -1.84. The average molecular weight is 312 g/mol. The standard InChI is InChI=1S/C14H15F3N4O/c1-3-21(8-9-7-20(2)19-18-9)14(22)11-6-4-5-10(12(11)15)13(16)17/h4-7,13H,3,8H2,1-2H3. The topological polar surface area (TPSA) is 51.0 Å². The molecule has 0 radical (unpaired) electrons. The van der Waals surface area contributed by atoms with E-state index in [0.29, 0.717) is 5.69 Å². The summed E-state index contributed by atoms with van der Waals surface area (Å²) in [5.41, 5.74) is -0.618. The van der Waals surface area contributed by atoms with E-state index < -0.39 is 23.7 Å². The molecule has 118 valence electrons. The number of halogens is 3. The zero-order valence-corrected chi connectivity index (χ0v) is 12.1. The first-order valence-corrected chi connectivity index (χ1v) is 6.65. The molecular weight excluding hydrogens is 297 g/mol. The predicted molar refractivity (Wildman–Crippen MR) is 72.8 cm³/mol. The van der Waals surface area contributed by atoms with E-state index in [1.54, 1.807) is 20.2 Å². The molecule has 0 fully saturated rings. The van der Waals surface area contributed by atoms with Crippen LogP contribution in [0.4, 0.5) is 13.2 Å². The van der Waals surface area contributed by atoms with Gasteiger partial charge >= 0.3 is 0 Å². The summed E-state index contributed by atoms with van der Waals surface area (Å²) in [5, 5.41) is 7.60. The van der Waals surface area contributed by atoms with Crippen molar-refractivity contribution in [2.75, 3.05) is 6.54 Å². The van der Waals surface area contributed by atoms with Gasteiger partial charge in [0.2, 0.25) is 0 Å². The quantitative estimate of drug-likeness (QED) is 0.852. The van der Waals surface area contributed by atoms with Crippen molar-refractivity contribution >= 4 is 5.91 Å². The van der Waals surface area contributed by atoms with Gasteiger partial charge in [0, 0.05) is 19.8 Å². The molecule has 0 aliphatic carbocycles. The Hall–Kier alpha value is -2.38. The highest BCUT2D eigenvalue weighted by atomic mass is 19.3. The lowest BCUT2D eigenvalue weighted by atomic mass is 10.1. The largest absolute Gasteiger partial charge is 0.333 e. The van der Waals surface area contributed by atoms with Crippen molar-refractivity contribution in [1.82, 2.24) is 19.9 Å². The summed E-state index contributed by atoms with van der Waals surface area (Å²) in [7, 11) is 1.68. The van der Waals surface area contributed by atoms with Gasteiger partial charge in [-0.3, -0.25) is 9.48 Å². The number of benzene rings is 1. The van der Waals surface area contributed by atoms with Gasteiger partial charge in [0.1, 0.15) is 11.5 Å². The lowest BCUT2D eigenvalue weighted by Crippen LogP contribution is -2.31. The zero-order valence-electron chi connectivity index (χ0n) is 12.1. The molecule has 0 aliphatic rings. The van der Waals surface area contributed by atoms with E-state index >= 15 is 0 Å². The zero-order chi connectivity index (χ0) is 16.3. The average Bonchev–Trinajstić information content (AvgIpc) is 2.89. The van der Waals surface area contributed by atoms with Crippen molar-refractivity contribution in [2.45, 2.75) is 19.9 Å². The second-order valence-corrected chi connectivity index (χ2v) is 4.71. The summed E-state index contributed by atoms with van der Waals surface area (Å²) in [6.07, 6.45) is -1.34. The van der Waals surface area contributed by atoms with Crippen LogP contribution in [0.25, 0.3) is 0 Å². The molecule has 22 heavy (non-hydrogen) atoms. The van der Waals surface area contributed by atoms with Crippen LogP contribution in [0.15, 0.2) is 24.4 Å². The summed E-state index contributed by atoms with van der Waals surface area (Å²) < 4.78 is 41.0. The molecule has 0 N–H and O–H groups in total. The van der Waals surface area contributed by atoms with Gasteiger partial charge in [0.25, 0.3) is 12.3 Å².